The molecule has 0 atom stereocenters. The highest BCUT2D eigenvalue weighted by molar-refractivity contribution is 6.36. The summed E-state index contributed by atoms with van der Waals surface area (Å²) in [4.78, 5) is 21.6. The number of carbonyl (C=O) groups excluding carboxylic acids is 2. The van der Waals surface area contributed by atoms with Gasteiger partial charge >= 0.3 is 6.03 Å². The van der Waals surface area contributed by atoms with E-state index in [1.807, 2.05) is 5.43 Å². The predicted molar refractivity (Wildman–Crippen MR) is 57.0 cm³/mol. The van der Waals surface area contributed by atoms with Gasteiger partial charge in [0, 0.05) is 10.6 Å². The van der Waals surface area contributed by atoms with Gasteiger partial charge in [-0.2, -0.15) is 5.10 Å². The molecule has 0 aliphatic carbocycles. The Kier molecular flexibility index (Phi) is 3.82. The lowest BCUT2D eigenvalue weighted by molar-refractivity contribution is 0.107. The number of nitrogens with two attached hydrogens (primary N) is 1. The van der Waals surface area contributed by atoms with Crippen molar-refractivity contribution in [2.75, 3.05) is 0 Å². The van der Waals surface area contributed by atoms with Crippen molar-refractivity contribution >= 4 is 29.6 Å². The second kappa shape index (κ2) is 5.11. The fourth-order valence-electron chi connectivity index (χ4n) is 0.843. The van der Waals surface area contributed by atoms with Gasteiger partial charge in [-0.15, -0.1) is 0 Å². The molecule has 0 aliphatic rings. The molecule has 0 fully saturated rings. The van der Waals surface area contributed by atoms with Crippen molar-refractivity contribution in [2.45, 2.75) is 0 Å². The van der Waals surface area contributed by atoms with Crippen molar-refractivity contribution in [2.24, 2.45) is 10.8 Å². The molecular formula is C9H8ClN3O2. The minimum Gasteiger partial charge on any atom is -0.350 e. The molecule has 0 spiro atoms. The Labute approximate surface area is 90.9 Å². The Morgan fingerprint density at radius 1 is 1.33 bits per heavy atom. The van der Waals surface area contributed by atoms with Crippen LogP contribution in [0.15, 0.2) is 29.4 Å². The number of halogens is 1. The van der Waals surface area contributed by atoms with Crippen LogP contribution >= 0.6 is 11.6 Å². The van der Waals surface area contributed by atoms with E-state index in [1.165, 1.54) is 0 Å². The third-order valence-electron chi connectivity index (χ3n) is 1.49. The normalized spacial score (nSPS) is 10.2. The Morgan fingerprint density at radius 2 is 1.93 bits per heavy atom. The highest BCUT2D eigenvalue weighted by Crippen LogP contribution is 2.09. The molecule has 0 saturated carbocycles. The van der Waals surface area contributed by atoms with Crippen molar-refractivity contribution in [1.82, 2.24) is 5.43 Å². The molecule has 0 saturated heterocycles. The third-order valence-corrected chi connectivity index (χ3v) is 1.74. The van der Waals surface area contributed by atoms with E-state index >= 15 is 0 Å². The van der Waals surface area contributed by atoms with E-state index in [-0.39, 0.29) is 5.78 Å². The van der Waals surface area contributed by atoms with Crippen LogP contribution in [0, 0.1) is 0 Å². The number of hydrazone groups is 1. The van der Waals surface area contributed by atoms with E-state index in [0.717, 1.165) is 6.21 Å². The number of urea groups is 1. The zero-order chi connectivity index (χ0) is 11.3. The average molecular weight is 226 g/mol. The maximum Gasteiger partial charge on any atom is 0.332 e. The van der Waals surface area contributed by atoms with Gasteiger partial charge in [-0.25, -0.2) is 10.2 Å². The van der Waals surface area contributed by atoms with Gasteiger partial charge in [-0.05, 0) is 24.3 Å². The first-order valence-electron chi connectivity index (χ1n) is 3.98. The average Bonchev–Trinajstić information content (AvgIpc) is 2.18. The fraction of sp³-hybridized carbons (Fsp3) is 0. The minimum absolute atomic E-state index is 0.347. The predicted octanol–water partition coefficient (Wildman–Crippen LogP) is 1.18. The summed E-state index contributed by atoms with van der Waals surface area (Å²) >= 11 is 5.64. The molecule has 3 N–H and O–H groups in total. The van der Waals surface area contributed by atoms with Crippen molar-refractivity contribution in [3.8, 4) is 0 Å². The number of carbonyl (C=O) groups is 2. The Morgan fingerprint density at radius 3 is 2.47 bits per heavy atom. The maximum absolute atomic E-state index is 11.4. The summed E-state index contributed by atoms with van der Waals surface area (Å²) in [6.45, 7) is 0. The van der Waals surface area contributed by atoms with Gasteiger partial charge in [-0.1, -0.05) is 11.6 Å². The molecule has 0 heterocycles. The van der Waals surface area contributed by atoms with E-state index in [0.29, 0.717) is 10.6 Å². The summed E-state index contributed by atoms with van der Waals surface area (Å²) < 4.78 is 0. The van der Waals surface area contributed by atoms with Gasteiger partial charge in [0.2, 0.25) is 5.78 Å². The van der Waals surface area contributed by atoms with Crippen LogP contribution < -0.4 is 11.2 Å². The quantitative estimate of drug-likeness (QED) is 0.460. The zero-order valence-electron chi connectivity index (χ0n) is 7.61. The van der Waals surface area contributed by atoms with Crippen molar-refractivity contribution in [1.29, 1.82) is 0 Å². The van der Waals surface area contributed by atoms with Crippen LogP contribution in [-0.4, -0.2) is 18.0 Å². The number of rotatable bonds is 3. The lowest BCUT2D eigenvalue weighted by atomic mass is 10.1. The highest BCUT2D eigenvalue weighted by atomic mass is 35.5. The molecule has 0 unspecified atom stereocenters. The van der Waals surface area contributed by atoms with Crippen molar-refractivity contribution < 1.29 is 9.59 Å². The number of hydrogen-bond acceptors (Lipinski definition) is 3. The molecule has 0 aromatic heterocycles. The monoisotopic (exact) mass is 225 g/mol. The number of amides is 2. The van der Waals surface area contributed by atoms with Crippen molar-refractivity contribution in [3.63, 3.8) is 0 Å². The van der Waals surface area contributed by atoms with Crippen LogP contribution in [-0.2, 0) is 0 Å². The summed E-state index contributed by atoms with van der Waals surface area (Å²) in [7, 11) is 0. The van der Waals surface area contributed by atoms with E-state index in [9.17, 15) is 9.59 Å². The summed E-state index contributed by atoms with van der Waals surface area (Å²) in [5, 5.41) is 3.88. The third kappa shape index (κ3) is 3.78. The first-order chi connectivity index (χ1) is 7.09. The standard InChI is InChI=1S/C9H8ClN3O2/c10-7-3-1-6(2-4-7)8(14)5-12-13-9(11)15/h1-5H,(H3,11,13,15)/b12-5+. The Balaban J connectivity index is 2.65. The van der Waals surface area contributed by atoms with Crippen LogP contribution in [0.2, 0.25) is 5.02 Å². The number of nitrogens with zero attached hydrogens (tertiary/aromatic N) is 1. The van der Waals surface area contributed by atoms with Gasteiger partial charge in [0.1, 0.15) is 0 Å². The summed E-state index contributed by atoms with van der Waals surface area (Å²) in [6.07, 6.45) is 0.966. The Bertz CT molecular complexity index is 400. The first-order valence-corrected chi connectivity index (χ1v) is 4.36. The van der Waals surface area contributed by atoms with Gasteiger partial charge < -0.3 is 5.73 Å². The molecule has 1 rings (SSSR count). The smallest absolute Gasteiger partial charge is 0.332 e. The summed E-state index contributed by atoms with van der Waals surface area (Å²) in [5.74, 6) is -0.347. The molecule has 15 heavy (non-hydrogen) atoms. The minimum atomic E-state index is -0.824. The number of nitrogens with one attached hydrogen (secondary N) is 1. The van der Waals surface area contributed by atoms with Crippen LogP contribution in [0.5, 0.6) is 0 Å². The van der Waals surface area contributed by atoms with E-state index in [1.54, 1.807) is 24.3 Å². The molecule has 0 aliphatic heterocycles. The van der Waals surface area contributed by atoms with Gasteiger partial charge in [-0.3, -0.25) is 4.79 Å². The fourth-order valence-corrected chi connectivity index (χ4v) is 0.969. The lowest BCUT2D eigenvalue weighted by Crippen LogP contribution is -2.24. The van der Waals surface area contributed by atoms with Gasteiger partial charge in [0.05, 0.1) is 6.21 Å². The number of benzene rings is 1. The number of primary amides is 1. The highest BCUT2D eigenvalue weighted by Gasteiger charge is 2.01. The molecule has 78 valence electrons. The summed E-state index contributed by atoms with van der Waals surface area (Å²) in [5.41, 5.74) is 7.09. The molecule has 1 aromatic rings. The lowest BCUT2D eigenvalue weighted by Gasteiger charge is -1.95. The van der Waals surface area contributed by atoms with Crippen LogP contribution in [0.1, 0.15) is 10.4 Å². The molecule has 5 nitrogen and oxygen atoms in total. The Hall–Kier alpha value is -1.88. The topological polar surface area (TPSA) is 84.6 Å². The van der Waals surface area contributed by atoms with E-state index in [4.69, 9.17) is 17.3 Å². The second-order valence-corrected chi connectivity index (χ2v) is 3.04. The molecule has 1 aromatic carbocycles. The van der Waals surface area contributed by atoms with Gasteiger partial charge in [0.15, 0.2) is 0 Å². The number of Topliss-reactive ketones (excluding diaryl/α,β-unsaturated/α-hetero) is 1. The summed E-state index contributed by atoms with van der Waals surface area (Å²) in [6, 6.07) is 5.46. The molecular weight excluding hydrogens is 218 g/mol. The van der Waals surface area contributed by atoms with Crippen LogP contribution in [0.4, 0.5) is 4.79 Å². The zero-order valence-corrected chi connectivity index (χ0v) is 8.36. The number of ketones is 1. The van der Waals surface area contributed by atoms with Crippen LogP contribution in [0.25, 0.3) is 0 Å². The van der Waals surface area contributed by atoms with E-state index < -0.39 is 6.03 Å². The first kappa shape index (κ1) is 11.2. The molecule has 0 bridgehead atoms. The van der Waals surface area contributed by atoms with Crippen molar-refractivity contribution in [3.05, 3.63) is 34.9 Å². The van der Waals surface area contributed by atoms with Gasteiger partial charge in [0.25, 0.3) is 0 Å². The number of hydrogen-bond donors (Lipinski definition) is 2. The SMILES string of the molecule is NC(=O)N/N=C/C(=O)c1ccc(Cl)cc1. The molecule has 0 radical (unpaired) electrons. The van der Waals surface area contributed by atoms with Crippen LogP contribution in [0.3, 0.4) is 0 Å². The second-order valence-electron chi connectivity index (χ2n) is 2.61. The largest absolute Gasteiger partial charge is 0.350 e. The maximum atomic E-state index is 11.4. The molecule has 6 heteroatoms. The molecule has 2 amide bonds. The van der Waals surface area contributed by atoms with E-state index in [2.05, 4.69) is 5.10 Å².